The lowest BCUT2D eigenvalue weighted by Crippen LogP contribution is -2.48. The summed E-state index contributed by atoms with van der Waals surface area (Å²) in [5, 5.41) is 0.319. The van der Waals surface area contributed by atoms with Crippen LogP contribution in [0.5, 0.6) is 0 Å². The quantitative estimate of drug-likeness (QED) is 0.553. The van der Waals surface area contributed by atoms with Crippen LogP contribution in [0.3, 0.4) is 0 Å². The summed E-state index contributed by atoms with van der Waals surface area (Å²) in [4.78, 5) is 32.5. The number of aromatic amines is 1. The zero-order valence-electron chi connectivity index (χ0n) is 17.5. The molecule has 12 heteroatoms. The van der Waals surface area contributed by atoms with E-state index in [4.69, 9.17) is 4.74 Å². The number of hydrogen-bond donors (Lipinski definition) is 1. The van der Waals surface area contributed by atoms with Crippen molar-refractivity contribution in [2.24, 2.45) is 0 Å². The first-order chi connectivity index (χ1) is 15.7. The highest BCUT2D eigenvalue weighted by Gasteiger charge is 2.31. The lowest BCUT2D eigenvalue weighted by atomic mass is 10.1. The number of methoxy groups -OCH3 is 1. The van der Waals surface area contributed by atoms with Crippen molar-refractivity contribution in [3.05, 3.63) is 69.8 Å². The second-order valence-corrected chi connectivity index (χ2v) is 9.40. The molecule has 0 bridgehead atoms. The number of fused-ring (bicyclic) bond motifs is 1. The van der Waals surface area contributed by atoms with E-state index in [1.165, 1.54) is 25.3 Å². The number of carbonyl (C=O) groups excluding carboxylic acids is 1. The molecule has 1 aliphatic heterocycles. The van der Waals surface area contributed by atoms with Crippen molar-refractivity contribution in [2.75, 3.05) is 33.3 Å². The molecular formula is C21H20F2N4O5S. The zero-order chi connectivity index (χ0) is 23.8. The first kappa shape index (κ1) is 23.0. The molecular weight excluding hydrogens is 458 g/mol. The third-order valence-electron chi connectivity index (χ3n) is 5.39. The highest BCUT2D eigenvalue weighted by atomic mass is 32.2. The number of H-pyrrole nitrogens is 1. The molecule has 4 rings (SSSR count). The molecule has 2 aromatic carbocycles. The summed E-state index contributed by atoms with van der Waals surface area (Å²) < 4.78 is 58.7. The minimum absolute atomic E-state index is 0.0581. The van der Waals surface area contributed by atoms with E-state index >= 15 is 0 Å². The van der Waals surface area contributed by atoms with Crippen molar-refractivity contribution in [3.63, 3.8) is 0 Å². The number of rotatable bonds is 5. The number of ether oxygens (including phenoxy) is 1. The summed E-state index contributed by atoms with van der Waals surface area (Å²) in [6.45, 7) is 0.932. The van der Waals surface area contributed by atoms with Crippen LogP contribution in [0.4, 0.5) is 8.78 Å². The molecule has 0 amide bonds. The number of piperazine rings is 1. The minimum Gasteiger partial charge on any atom is -0.465 e. The van der Waals surface area contributed by atoms with Crippen LogP contribution in [0.1, 0.15) is 16.2 Å². The van der Waals surface area contributed by atoms with Crippen molar-refractivity contribution in [1.82, 2.24) is 19.2 Å². The monoisotopic (exact) mass is 478 g/mol. The highest BCUT2D eigenvalue weighted by Crippen LogP contribution is 2.22. The maximum absolute atomic E-state index is 14.0. The Morgan fingerprint density at radius 1 is 1.12 bits per heavy atom. The molecule has 0 radical (unpaired) electrons. The molecule has 1 saturated heterocycles. The van der Waals surface area contributed by atoms with Crippen LogP contribution in [0, 0.1) is 11.6 Å². The molecule has 3 aromatic rings. The van der Waals surface area contributed by atoms with Gasteiger partial charge in [0.05, 0.1) is 30.1 Å². The fraction of sp³-hybridized carbons (Fsp3) is 0.286. The Bertz CT molecular complexity index is 1390. The largest absolute Gasteiger partial charge is 0.465 e. The molecule has 0 saturated carbocycles. The van der Waals surface area contributed by atoms with Crippen molar-refractivity contribution < 1.29 is 26.7 Å². The Balaban J connectivity index is 1.49. The summed E-state index contributed by atoms with van der Waals surface area (Å²) in [6, 6.07) is 6.75. The zero-order valence-corrected chi connectivity index (χ0v) is 18.4. The Labute approximate surface area is 187 Å². The molecule has 33 heavy (non-hydrogen) atoms. The fourth-order valence-corrected chi connectivity index (χ4v) is 5.16. The molecule has 1 aliphatic rings. The van der Waals surface area contributed by atoms with E-state index in [0.29, 0.717) is 35.9 Å². The van der Waals surface area contributed by atoms with Gasteiger partial charge in [-0.05, 0) is 36.4 Å². The number of halogens is 2. The predicted molar refractivity (Wildman–Crippen MR) is 114 cm³/mol. The summed E-state index contributed by atoms with van der Waals surface area (Å²) in [5.41, 5.74) is 0.228. The van der Waals surface area contributed by atoms with E-state index in [2.05, 4.69) is 9.97 Å². The van der Waals surface area contributed by atoms with Crippen LogP contribution in [-0.2, 0) is 21.3 Å². The maximum Gasteiger partial charge on any atom is 0.337 e. The van der Waals surface area contributed by atoms with E-state index < -0.39 is 32.5 Å². The third-order valence-corrected chi connectivity index (χ3v) is 7.31. The summed E-state index contributed by atoms with van der Waals surface area (Å²) in [5.74, 6) is -2.05. The van der Waals surface area contributed by atoms with Crippen molar-refractivity contribution >= 4 is 26.9 Å². The molecule has 0 unspecified atom stereocenters. The maximum atomic E-state index is 14.0. The van der Waals surface area contributed by atoms with Gasteiger partial charge in [-0.25, -0.2) is 27.0 Å². The van der Waals surface area contributed by atoms with E-state index in [9.17, 15) is 26.8 Å². The lowest BCUT2D eigenvalue weighted by molar-refractivity contribution is 0.0601. The lowest BCUT2D eigenvalue weighted by Gasteiger charge is -2.33. The molecule has 0 aliphatic carbocycles. The van der Waals surface area contributed by atoms with Crippen LogP contribution in [0.15, 0.2) is 46.1 Å². The number of sulfonamides is 1. The molecule has 174 valence electrons. The Kier molecular flexibility index (Phi) is 6.23. The van der Waals surface area contributed by atoms with Crippen LogP contribution in [0.25, 0.3) is 10.9 Å². The SMILES string of the molecule is COC(=O)c1ccc2c(=O)[nH]c(CN3CCN(S(=O)(=O)c4cc(F)ccc4F)CC3)nc2c1. The van der Waals surface area contributed by atoms with Gasteiger partial charge in [-0.15, -0.1) is 0 Å². The first-order valence-corrected chi connectivity index (χ1v) is 11.4. The number of nitrogens with zero attached hydrogens (tertiary/aromatic N) is 3. The topological polar surface area (TPSA) is 113 Å². The molecule has 1 N–H and O–H groups in total. The number of carbonyl (C=O) groups is 1. The van der Waals surface area contributed by atoms with Crippen LogP contribution < -0.4 is 5.56 Å². The van der Waals surface area contributed by atoms with E-state index in [1.54, 1.807) is 0 Å². The Hall–Kier alpha value is -3.22. The normalized spacial score (nSPS) is 15.6. The minimum atomic E-state index is -4.19. The Morgan fingerprint density at radius 2 is 1.85 bits per heavy atom. The van der Waals surface area contributed by atoms with Crippen molar-refractivity contribution in [2.45, 2.75) is 11.4 Å². The molecule has 1 aromatic heterocycles. The third kappa shape index (κ3) is 4.63. The number of esters is 1. The van der Waals surface area contributed by atoms with Gasteiger partial charge in [0.25, 0.3) is 5.56 Å². The van der Waals surface area contributed by atoms with Crippen LogP contribution in [-0.4, -0.2) is 66.8 Å². The van der Waals surface area contributed by atoms with Crippen molar-refractivity contribution in [3.8, 4) is 0 Å². The van der Waals surface area contributed by atoms with Crippen LogP contribution >= 0.6 is 0 Å². The molecule has 9 nitrogen and oxygen atoms in total. The number of benzene rings is 2. The summed E-state index contributed by atoms with van der Waals surface area (Å²) >= 11 is 0. The number of aromatic nitrogens is 2. The van der Waals surface area contributed by atoms with Gasteiger partial charge >= 0.3 is 5.97 Å². The summed E-state index contributed by atoms with van der Waals surface area (Å²) in [7, 11) is -2.93. The fourth-order valence-electron chi connectivity index (χ4n) is 3.66. The van der Waals surface area contributed by atoms with Gasteiger partial charge < -0.3 is 9.72 Å². The Morgan fingerprint density at radius 3 is 2.55 bits per heavy atom. The van der Waals surface area contributed by atoms with E-state index in [0.717, 1.165) is 16.4 Å². The molecule has 0 spiro atoms. The van der Waals surface area contributed by atoms with Crippen molar-refractivity contribution in [1.29, 1.82) is 0 Å². The highest BCUT2D eigenvalue weighted by molar-refractivity contribution is 7.89. The van der Waals surface area contributed by atoms with Gasteiger partial charge in [0.2, 0.25) is 10.0 Å². The summed E-state index contributed by atoms with van der Waals surface area (Å²) in [6.07, 6.45) is 0. The van der Waals surface area contributed by atoms with Gasteiger partial charge in [-0.1, -0.05) is 0 Å². The van der Waals surface area contributed by atoms with Gasteiger partial charge in [0.1, 0.15) is 22.4 Å². The smallest absolute Gasteiger partial charge is 0.337 e. The van der Waals surface area contributed by atoms with E-state index in [1.807, 2.05) is 4.90 Å². The molecule has 1 fully saturated rings. The van der Waals surface area contributed by atoms with Gasteiger partial charge in [0, 0.05) is 26.2 Å². The predicted octanol–water partition coefficient (Wildman–Crippen LogP) is 1.49. The second-order valence-electron chi connectivity index (χ2n) is 7.49. The standard InChI is InChI=1S/C21H20F2N4O5S/c1-32-21(29)13-2-4-15-17(10-13)24-19(25-20(15)28)12-26-6-8-27(9-7-26)33(30,31)18-11-14(22)3-5-16(18)23/h2-5,10-11H,6-9,12H2,1H3,(H,24,25,28). The average molecular weight is 478 g/mol. The second kappa shape index (κ2) is 8.96. The van der Waals surface area contributed by atoms with Crippen LogP contribution in [0.2, 0.25) is 0 Å². The number of nitrogens with one attached hydrogen (secondary N) is 1. The molecule has 2 heterocycles. The van der Waals surface area contributed by atoms with Gasteiger partial charge in [0.15, 0.2) is 0 Å². The first-order valence-electron chi connectivity index (χ1n) is 9.98. The average Bonchev–Trinajstić information content (AvgIpc) is 2.80. The van der Waals surface area contributed by atoms with Gasteiger partial charge in [-0.2, -0.15) is 4.31 Å². The van der Waals surface area contributed by atoms with Gasteiger partial charge in [-0.3, -0.25) is 9.69 Å². The molecule has 0 atom stereocenters. The van der Waals surface area contributed by atoms with E-state index in [-0.39, 0.29) is 30.8 Å². The number of hydrogen-bond acceptors (Lipinski definition) is 7.